The molecule has 0 saturated carbocycles. The van der Waals surface area contributed by atoms with Crippen LogP contribution in [-0.4, -0.2) is 59.6 Å². The van der Waals surface area contributed by atoms with Crippen LogP contribution >= 0.6 is 0 Å². The van der Waals surface area contributed by atoms with Gasteiger partial charge in [0.1, 0.15) is 6.04 Å². The molecule has 120 valence electrons. The molecule has 0 bridgehead atoms. The van der Waals surface area contributed by atoms with E-state index in [-0.39, 0.29) is 17.9 Å². The molecule has 0 aromatic carbocycles. The van der Waals surface area contributed by atoms with Crippen LogP contribution < -0.4 is 10.6 Å². The number of carboxylic acid groups (broad SMARTS) is 1. The summed E-state index contributed by atoms with van der Waals surface area (Å²) >= 11 is 0. The average molecular weight is 297 g/mol. The molecule has 2 atom stereocenters. The van der Waals surface area contributed by atoms with Gasteiger partial charge in [0.2, 0.25) is 5.91 Å². The fourth-order valence-corrected chi connectivity index (χ4v) is 3.41. The molecule has 21 heavy (non-hydrogen) atoms. The third kappa shape index (κ3) is 3.95. The molecular weight excluding hydrogens is 270 g/mol. The van der Waals surface area contributed by atoms with Gasteiger partial charge in [0, 0.05) is 6.04 Å². The van der Waals surface area contributed by atoms with Gasteiger partial charge in [-0.3, -0.25) is 9.69 Å². The molecule has 2 unspecified atom stereocenters. The van der Waals surface area contributed by atoms with E-state index < -0.39 is 12.0 Å². The lowest BCUT2D eigenvalue weighted by Gasteiger charge is -2.35. The van der Waals surface area contributed by atoms with Crippen molar-refractivity contribution < 1.29 is 14.7 Å². The Morgan fingerprint density at radius 2 is 1.90 bits per heavy atom. The highest BCUT2D eigenvalue weighted by Crippen LogP contribution is 2.24. The van der Waals surface area contributed by atoms with Crippen molar-refractivity contribution in [1.82, 2.24) is 15.5 Å². The SMILES string of the molecule is CC(C)C(NC(=O)C1CCCN1C1CCNCC1)C(=O)O. The second-order valence-corrected chi connectivity index (χ2v) is 6.45. The molecular formula is C15H27N3O3. The summed E-state index contributed by atoms with van der Waals surface area (Å²) in [5.74, 6) is -1.18. The van der Waals surface area contributed by atoms with Crippen LogP contribution in [-0.2, 0) is 9.59 Å². The molecule has 2 aliphatic rings. The minimum absolute atomic E-state index is 0.111. The zero-order chi connectivity index (χ0) is 15.4. The Balaban J connectivity index is 1.98. The van der Waals surface area contributed by atoms with E-state index in [0.717, 1.165) is 45.3 Å². The minimum atomic E-state index is -0.954. The number of carbonyl (C=O) groups excluding carboxylic acids is 1. The van der Waals surface area contributed by atoms with Gasteiger partial charge in [-0.2, -0.15) is 0 Å². The Morgan fingerprint density at radius 1 is 1.24 bits per heavy atom. The van der Waals surface area contributed by atoms with E-state index >= 15 is 0 Å². The van der Waals surface area contributed by atoms with Crippen molar-refractivity contribution in [3.8, 4) is 0 Å². The Labute approximate surface area is 126 Å². The molecule has 2 fully saturated rings. The maximum absolute atomic E-state index is 12.5. The van der Waals surface area contributed by atoms with E-state index in [1.807, 2.05) is 13.8 Å². The van der Waals surface area contributed by atoms with Crippen LogP contribution in [0.1, 0.15) is 39.5 Å². The van der Waals surface area contributed by atoms with Crippen molar-refractivity contribution in [1.29, 1.82) is 0 Å². The van der Waals surface area contributed by atoms with E-state index in [9.17, 15) is 14.7 Å². The third-order valence-electron chi connectivity index (χ3n) is 4.61. The largest absolute Gasteiger partial charge is 0.480 e. The van der Waals surface area contributed by atoms with Gasteiger partial charge < -0.3 is 15.7 Å². The zero-order valence-corrected chi connectivity index (χ0v) is 13.0. The lowest BCUT2D eigenvalue weighted by molar-refractivity contribution is -0.144. The maximum atomic E-state index is 12.5. The smallest absolute Gasteiger partial charge is 0.326 e. The normalized spacial score (nSPS) is 26.0. The molecule has 0 aliphatic carbocycles. The van der Waals surface area contributed by atoms with Crippen LogP contribution in [0.25, 0.3) is 0 Å². The van der Waals surface area contributed by atoms with Crippen molar-refractivity contribution >= 4 is 11.9 Å². The highest BCUT2D eigenvalue weighted by Gasteiger charge is 2.37. The first kappa shape index (κ1) is 16.2. The number of aliphatic carboxylic acids is 1. The molecule has 3 N–H and O–H groups in total. The van der Waals surface area contributed by atoms with Crippen molar-refractivity contribution in [3.05, 3.63) is 0 Å². The summed E-state index contributed by atoms with van der Waals surface area (Å²) < 4.78 is 0. The van der Waals surface area contributed by atoms with Gasteiger partial charge in [-0.05, 0) is 51.2 Å². The first-order valence-corrected chi connectivity index (χ1v) is 8.00. The number of hydrogen-bond acceptors (Lipinski definition) is 4. The van der Waals surface area contributed by atoms with Gasteiger partial charge in [-0.25, -0.2) is 4.79 Å². The van der Waals surface area contributed by atoms with Gasteiger partial charge >= 0.3 is 5.97 Å². The number of piperidine rings is 1. The molecule has 0 aromatic heterocycles. The fraction of sp³-hybridized carbons (Fsp3) is 0.867. The van der Waals surface area contributed by atoms with Crippen LogP contribution in [0.3, 0.4) is 0 Å². The van der Waals surface area contributed by atoms with Crippen LogP contribution in [0.15, 0.2) is 0 Å². The third-order valence-corrected chi connectivity index (χ3v) is 4.61. The fourth-order valence-electron chi connectivity index (χ4n) is 3.41. The maximum Gasteiger partial charge on any atom is 0.326 e. The summed E-state index contributed by atoms with van der Waals surface area (Å²) in [7, 11) is 0. The monoisotopic (exact) mass is 297 g/mol. The van der Waals surface area contributed by atoms with Gasteiger partial charge in [-0.1, -0.05) is 13.8 Å². The summed E-state index contributed by atoms with van der Waals surface area (Å²) in [5, 5.41) is 15.3. The topological polar surface area (TPSA) is 81.7 Å². The molecule has 1 amide bonds. The summed E-state index contributed by atoms with van der Waals surface area (Å²) in [6.07, 6.45) is 3.98. The van der Waals surface area contributed by atoms with E-state index in [1.54, 1.807) is 0 Å². The average Bonchev–Trinajstić information content (AvgIpc) is 2.94. The van der Waals surface area contributed by atoms with Crippen LogP contribution in [0, 0.1) is 5.92 Å². The molecule has 2 aliphatic heterocycles. The minimum Gasteiger partial charge on any atom is -0.480 e. The number of likely N-dealkylation sites (tertiary alicyclic amines) is 1. The number of hydrogen-bond donors (Lipinski definition) is 3. The van der Waals surface area contributed by atoms with Crippen molar-refractivity contribution in [2.24, 2.45) is 5.92 Å². The van der Waals surface area contributed by atoms with Gasteiger partial charge in [0.25, 0.3) is 0 Å². The molecule has 2 rings (SSSR count). The molecule has 0 spiro atoms. The molecule has 0 radical (unpaired) electrons. The quantitative estimate of drug-likeness (QED) is 0.685. The van der Waals surface area contributed by atoms with Crippen molar-refractivity contribution in [2.75, 3.05) is 19.6 Å². The molecule has 2 heterocycles. The Bertz CT molecular complexity index is 380. The van der Waals surface area contributed by atoms with Crippen molar-refractivity contribution in [2.45, 2.75) is 57.7 Å². The highest BCUT2D eigenvalue weighted by atomic mass is 16.4. The van der Waals surface area contributed by atoms with Gasteiger partial charge in [0.05, 0.1) is 6.04 Å². The second kappa shape index (κ2) is 7.22. The van der Waals surface area contributed by atoms with Gasteiger partial charge in [0.15, 0.2) is 0 Å². The predicted octanol–water partition coefficient (Wildman–Crippen LogP) is 0.428. The van der Waals surface area contributed by atoms with E-state index in [0.29, 0.717) is 6.04 Å². The zero-order valence-electron chi connectivity index (χ0n) is 13.0. The van der Waals surface area contributed by atoms with Crippen LogP contribution in [0.5, 0.6) is 0 Å². The Kier molecular flexibility index (Phi) is 5.58. The molecule has 6 nitrogen and oxygen atoms in total. The lowest BCUT2D eigenvalue weighted by atomic mass is 10.0. The summed E-state index contributed by atoms with van der Waals surface area (Å²) in [6.45, 7) is 6.58. The summed E-state index contributed by atoms with van der Waals surface area (Å²) in [4.78, 5) is 26.0. The van der Waals surface area contributed by atoms with Crippen LogP contribution in [0.2, 0.25) is 0 Å². The van der Waals surface area contributed by atoms with Crippen molar-refractivity contribution in [3.63, 3.8) is 0 Å². The Hall–Kier alpha value is -1.14. The van der Waals surface area contributed by atoms with E-state index in [1.165, 1.54) is 0 Å². The first-order chi connectivity index (χ1) is 10.0. The molecule has 0 aromatic rings. The summed E-state index contributed by atoms with van der Waals surface area (Å²) in [6, 6.07) is -0.506. The predicted molar refractivity (Wildman–Crippen MR) is 80.0 cm³/mol. The second-order valence-electron chi connectivity index (χ2n) is 6.45. The lowest BCUT2D eigenvalue weighted by Crippen LogP contribution is -2.54. The molecule has 2 saturated heterocycles. The standard InChI is InChI=1S/C15H27N3O3/c1-10(2)13(15(20)21)17-14(19)12-4-3-9-18(12)11-5-7-16-8-6-11/h10-13,16H,3-9H2,1-2H3,(H,17,19)(H,20,21). The van der Waals surface area contributed by atoms with E-state index in [2.05, 4.69) is 15.5 Å². The first-order valence-electron chi connectivity index (χ1n) is 8.00. The Morgan fingerprint density at radius 3 is 2.48 bits per heavy atom. The number of carbonyl (C=O) groups is 2. The summed E-state index contributed by atoms with van der Waals surface area (Å²) in [5.41, 5.74) is 0. The number of amides is 1. The molecule has 6 heteroatoms. The van der Waals surface area contributed by atoms with Crippen LogP contribution in [0.4, 0.5) is 0 Å². The van der Waals surface area contributed by atoms with Gasteiger partial charge in [-0.15, -0.1) is 0 Å². The number of nitrogens with one attached hydrogen (secondary N) is 2. The van der Waals surface area contributed by atoms with E-state index in [4.69, 9.17) is 0 Å². The number of nitrogens with zero attached hydrogens (tertiary/aromatic N) is 1. The number of carboxylic acids is 1. The number of rotatable bonds is 5. The highest BCUT2D eigenvalue weighted by molar-refractivity contribution is 5.87.